The van der Waals surface area contributed by atoms with Gasteiger partial charge in [-0.05, 0) is 65.1 Å². The molecule has 0 amide bonds. The van der Waals surface area contributed by atoms with Crippen LogP contribution in [0.2, 0.25) is 0 Å². The molecule has 1 atom stereocenters. The molecular weight excluding hydrogens is 406 g/mol. The van der Waals surface area contributed by atoms with E-state index >= 15 is 0 Å². The standard InChI is InChI=1S/C24H29N5O3/c1-2-20(16-28(7-1)15-18-3-5-21-22(12-18)26-32-25-21)29-10-8-27(9-11-29)14-19-4-6-23-24(13-19)31-17-30-23/h3-6,12-13,20H,1-2,7-11,14-17H2. The minimum Gasteiger partial charge on any atom is -0.454 e. The number of piperidine rings is 1. The van der Waals surface area contributed by atoms with E-state index in [9.17, 15) is 0 Å². The summed E-state index contributed by atoms with van der Waals surface area (Å²) in [4.78, 5) is 7.84. The van der Waals surface area contributed by atoms with Gasteiger partial charge in [-0.15, -0.1) is 0 Å². The van der Waals surface area contributed by atoms with E-state index in [1.165, 1.54) is 24.0 Å². The molecule has 0 bridgehead atoms. The van der Waals surface area contributed by atoms with Gasteiger partial charge >= 0.3 is 0 Å². The molecule has 2 fully saturated rings. The van der Waals surface area contributed by atoms with Crippen molar-refractivity contribution in [1.82, 2.24) is 25.0 Å². The van der Waals surface area contributed by atoms with Crippen molar-refractivity contribution >= 4 is 11.0 Å². The second-order valence-electron chi connectivity index (χ2n) is 9.12. The molecule has 1 aromatic heterocycles. The number of likely N-dealkylation sites (tertiary alicyclic amines) is 1. The fourth-order valence-corrected chi connectivity index (χ4v) is 5.24. The Morgan fingerprint density at radius 2 is 1.56 bits per heavy atom. The van der Waals surface area contributed by atoms with Gasteiger partial charge in [0.1, 0.15) is 11.0 Å². The smallest absolute Gasteiger partial charge is 0.231 e. The van der Waals surface area contributed by atoms with Crippen molar-refractivity contribution in [2.45, 2.75) is 32.0 Å². The molecule has 0 saturated carbocycles. The van der Waals surface area contributed by atoms with Crippen LogP contribution >= 0.6 is 0 Å². The van der Waals surface area contributed by atoms with Gasteiger partial charge in [-0.25, -0.2) is 4.63 Å². The molecule has 3 aliphatic heterocycles. The maximum absolute atomic E-state index is 5.53. The van der Waals surface area contributed by atoms with Crippen LogP contribution < -0.4 is 9.47 Å². The monoisotopic (exact) mass is 435 g/mol. The predicted molar refractivity (Wildman–Crippen MR) is 120 cm³/mol. The summed E-state index contributed by atoms with van der Waals surface area (Å²) in [5, 5.41) is 7.89. The third kappa shape index (κ3) is 4.18. The first kappa shape index (κ1) is 20.0. The number of aromatic nitrogens is 2. The fraction of sp³-hybridized carbons (Fsp3) is 0.500. The fourth-order valence-electron chi connectivity index (χ4n) is 5.24. The molecule has 0 N–H and O–H groups in total. The van der Waals surface area contributed by atoms with E-state index in [0.29, 0.717) is 12.8 Å². The maximum atomic E-state index is 5.53. The van der Waals surface area contributed by atoms with Crippen LogP contribution in [0.5, 0.6) is 11.5 Å². The Bertz CT molecular complexity index is 1080. The number of nitrogens with zero attached hydrogens (tertiary/aromatic N) is 5. The van der Waals surface area contributed by atoms with Crippen LogP contribution in [0.15, 0.2) is 41.0 Å². The Morgan fingerprint density at radius 3 is 2.50 bits per heavy atom. The molecule has 0 spiro atoms. The average Bonchev–Trinajstić information content (AvgIpc) is 3.48. The van der Waals surface area contributed by atoms with Crippen LogP contribution in [-0.4, -0.2) is 77.1 Å². The highest BCUT2D eigenvalue weighted by atomic mass is 16.7. The van der Waals surface area contributed by atoms with E-state index in [1.54, 1.807) is 0 Å². The number of fused-ring (bicyclic) bond motifs is 2. The Hall–Kier alpha value is -2.68. The van der Waals surface area contributed by atoms with Crippen molar-refractivity contribution in [1.29, 1.82) is 0 Å². The molecule has 2 aromatic carbocycles. The molecule has 3 aromatic rings. The van der Waals surface area contributed by atoms with Crippen molar-refractivity contribution in [3.63, 3.8) is 0 Å². The van der Waals surface area contributed by atoms with Crippen molar-refractivity contribution < 1.29 is 14.1 Å². The number of benzene rings is 2. The third-order valence-electron chi connectivity index (χ3n) is 6.97. The highest BCUT2D eigenvalue weighted by Gasteiger charge is 2.28. The predicted octanol–water partition coefficient (Wildman–Crippen LogP) is 2.73. The van der Waals surface area contributed by atoms with Crippen LogP contribution in [0.4, 0.5) is 0 Å². The van der Waals surface area contributed by atoms with Crippen molar-refractivity contribution in [2.75, 3.05) is 46.1 Å². The molecule has 0 aliphatic carbocycles. The number of piperazine rings is 1. The number of hydrogen-bond donors (Lipinski definition) is 0. The van der Waals surface area contributed by atoms with Crippen LogP contribution in [0.3, 0.4) is 0 Å². The molecule has 0 radical (unpaired) electrons. The molecule has 3 aliphatic rings. The van der Waals surface area contributed by atoms with Crippen molar-refractivity contribution in [2.24, 2.45) is 0 Å². The van der Waals surface area contributed by atoms with E-state index in [2.05, 4.69) is 49.3 Å². The van der Waals surface area contributed by atoms with Crippen molar-refractivity contribution in [3.05, 3.63) is 47.5 Å². The minimum absolute atomic E-state index is 0.335. The summed E-state index contributed by atoms with van der Waals surface area (Å²) < 4.78 is 15.8. The molecule has 2 saturated heterocycles. The number of rotatable bonds is 5. The number of ether oxygens (including phenoxy) is 2. The largest absolute Gasteiger partial charge is 0.454 e. The van der Waals surface area contributed by atoms with E-state index in [4.69, 9.17) is 14.1 Å². The van der Waals surface area contributed by atoms with E-state index in [1.807, 2.05) is 12.1 Å². The van der Waals surface area contributed by atoms with Gasteiger partial charge in [0.25, 0.3) is 0 Å². The molecule has 6 rings (SSSR count). The van der Waals surface area contributed by atoms with Gasteiger partial charge in [-0.1, -0.05) is 12.1 Å². The van der Waals surface area contributed by atoms with Crippen LogP contribution in [-0.2, 0) is 13.1 Å². The van der Waals surface area contributed by atoms with Crippen LogP contribution in [0.25, 0.3) is 11.0 Å². The highest BCUT2D eigenvalue weighted by molar-refractivity contribution is 5.73. The Morgan fingerprint density at radius 1 is 0.781 bits per heavy atom. The molecule has 4 heterocycles. The van der Waals surface area contributed by atoms with E-state index < -0.39 is 0 Å². The second kappa shape index (κ2) is 8.69. The van der Waals surface area contributed by atoms with Crippen LogP contribution in [0.1, 0.15) is 24.0 Å². The number of hydrogen-bond acceptors (Lipinski definition) is 8. The lowest BCUT2D eigenvalue weighted by Crippen LogP contribution is -2.54. The molecule has 1 unspecified atom stereocenters. The molecular formula is C24H29N5O3. The van der Waals surface area contributed by atoms with Gasteiger partial charge < -0.3 is 9.47 Å². The van der Waals surface area contributed by atoms with Crippen LogP contribution in [0, 0.1) is 0 Å². The van der Waals surface area contributed by atoms with Gasteiger partial charge in [0.05, 0.1) is 0 Å². The van der Waals surface area contributed by atoms with Gasteiger partial charge in [-0.2, -0.15) is 0 Å². The second-order valence-corrected chi connectivity index (χ2v) is 9.12. The summed E-state index contributed by atoms with van der Waals surface area (Å²) in [7, 11) is 0. The van der Waals surface area contributed by atoms with E-state index in [0.717, 1.165) is 74.9 Å². The zero-order valence-corrected chi connectivity index (χ0v) is 18.3. The van der Waals surface area contributed by atoms with Gasteiger partial charge in [0.15, 0.2) is 11.5 Å². The first-order valence-corrected chi connectivity index (χ1v) is 11.6. The Labute approximate surface area is 187 Å². The van der Waals surface area contributed by atoms with Gasteiger partial charge in [0, 0.05) is 51.9 Å². The quantitative estimate of drug-likeness (QED) is 0.606. The Balaban J connectivity index is 1.02. The SMILES string of the molecule is c1cc2c(cc1CN1CCN(C3CCCN(Cc4ccc5nonc5c4)C3)CC1)OCO2. The lowest BCUT2D eigenvalue weighted by atomic mass is 10.0. The third-order valence-corrected chi connectivity index (χ3v) is 6.97. The summed E-state index contributed by atoms with van der Waals surface area (Å²) >= 11 is 0. The molecule has 8 heteroatoms. The average molecular weight is 436 g/mol. The van der Waals surface area contributed by atoms with Gasteiger partial charge in [0.2, 0.25) is 6.79 Å². The summed E-state index contributed by atoms with van der Waals surface area (Å²) in [6, 6.07) is 13.2. The highest BCUT2D eigenvalue weighted by Crippen LogP contribution is 2.33. The first-order chi connectivity index (χ1) is 15.8. The minimum atomic E-state index is 0.335. The lowest BCUT2D eigenvalue weighted by molar-refractivity contribution is 0.0477. The summed E-state index contributed by atoms with van der Waals surface area (Å²) in [5.41, 5.74) is 4.24. The zero-order valence-electron chi connectivity index (χ0n) is 18.3. The molecule has 32 heavy (non-hydrogen) atoms. The summed E-state index contributed by atoms with van der Waals surface area (Å²) in [6.45, 7) is 9.07. The Kier molecular flexibility index (Phi) is 5.42. The molecule has 168 valence electrons. The van der Waals surface area contributed by atoms with Gasteiger partial charge in [-0.3, -0.25) is 14.7 Å². The van der Waals surface area contributed by atoms with Crippen molar-refractivity contribution in [3.8, 4) is 11.5 Å². The maximum Gasteiger partial charge on any atom is 0.231 e. The normalized spacial score (nSPS) is 22.6. The topological polar surface area (TPSA) is 67.1 Å². The first-order valence-electron chi connectivity index (χ1n) is 11.6. The zero-order chi connectivity index (χ0) is 21.3. The molecule has 8 nitrogen and oxygen atoms in total. The summed E-state index contributed by atoms with van der Waals surface area (Å²) in [5.74, 6) is 1.74. The summed E-state index contributed by atoms with van der Waals surface area (Å²) in [6.07, 6.45) is 2.56. The van der Waals surface area contributed by atoms with E-state index in [-0.39, 0.29) is 0 Å². The lowest BCUT2D eigenvalue weighted by Gasteiger charge is -2.43.